The van der Waals surface area contributed by atoms with Crippen LogP contribution >= 0.6 is 0 Å². The number of ether oxygens (including phenoxy) is 3. The first kappa shape index (κ1) is 19.7. The van der Waals surface area contributed by atoms with Gasteiger partial charge in [-0.05, 0) is 42.3 Å². The van der Waals surface area contributed by atoms with E-state index >= 15 is 0 Å². The van der Waals surface area contributed by atoms with Crippen molar-refractivity contribution < 1.29 is 23.0 Å². The van der Waals surface area contributed by atoms with Gasteiger partial charge in [-0.2, -0.15) is 0 Å². The van der Waals surface area contributed by atoms with Gasteiger partial charge in [-0.1, -0.05) is 18.2 Å². The number of nitrogens with one attached hydrogen (secondary N) is 2. The van der Waals surface area contributed by atoms with E-state index in [9.17, 15) is 8.78 Å². The van der Waals surface area contributed by atoms with Crippen LogP contribution in [0.3, 0.4) is 0 Å². The van der Waals surface area contributed by atoms with Gasteiger partial charge in [-0.3, -0.25) is 0 Å². The molecule has 0 bridgehead atoms. The highest BCUT2D eigenvalue weighted by atomic mass is 19.3. The van der Waals surface area contributed by atoms with E-state index in [0.717, 1.165) is 22.6 Å². The Balaban J connectivity index is 1.58. The molecule has 0 radical (unpaired) electrons. The number of aliphatic imine (C=N–C) groups is 1. The Kier molecular flexibility index (Phi) is 6.89. The third-order valence-electron chi connectivity index (χ3n) is 3.94. The third-order valence-corrected chi connectivity index (χ3v) is 3.94. The van der Waals surface area contributed by atoms with Crippen molar-refractivity contribution in [3.63, 3.8) is 0 Å². The van der Waals surface area contributed by atoms with Crippen molar-refractivity contribution in [2.75, 3.05) is 19.9 Å². The number of fused-ring (bicyclic) bond motifs is 1. The Morgan fingerprint density at radius 2 is 1.96 bits per heavy atom. The number of guanidine groups is 1. The molecule has 0 aromatic heterocycles. The smallest absolute Gasteiger partial charge is 0.272 e. The van der Waals surface area contributed by atoms with Crippen LogP contribution in [0.5, 0.6) is 17.2 Å². The molecule has 1 aliphatic rings. The lowest BCUT2D eigenvalue weighted by molar-refractivity contribution is 0.0818. The minimum absolute atomic E-state index is 0.246. The fraction of sp³-hybridized carbons (Fsp3) is 0.350. The lowest BCUT2D eigenvalue weighted by atomic mass is 10.2. The van der Waals surface area contributed by atoms with Crippen molar-refractivity contribution in [3.8, 4) is 17.2 Å². The van der Waals surface area contributed by atoms with Crippen LogP contribution in [0.2, 0.25) is 0 Å². The van der Waals surface area contributed by atoms with Gasteiger partial charge in [0.05, 0.1) is 6.54 Å². The molecule has 0 amide bonds. The Labute approximate surface area is 162 Å². The largest absolute Gasteiger partial charge is 0.488 e. The molecule has 2 aromatic carbocycles. The molecule has 0 spiro atoms. The number of nitrogens with zero attached hydrogens (tertiary/aromatic N) is 1. The number of hydrogen-bond acceptors (Lipinski definition) is 4. The summed E-state index contributed by atoms with van der Waals surface area (Å²) in [5, 5.41) is 6.45. The Hall–Kier alpha value is -3.03. The molecule has 2 aromatic rings. The summed E-state index contributed by atoms with van der Waals surface area (Å²) in [5.41, 5.74) is 1.91. The van der Waals surface area contributed by atoms with Crippen LogP contribution in [0, 0.1) is 0 Å². The number of alkyl halides is 2. The van der Waals surface area contributed by atoms with E-state index < -0.39 is 13.0 Å². The van der Waals surface area contributed by atoms with E-state index in [1.807, 2.05) is 31.2 Å². The quantitative estimate of drug-likeness (QED) is 0.534. The number of rotatable bonds is 8. The first-order valence-corrected chi connectivity index (χ1v) is 9.04. The molecule has 0 atom stereocenters. The number of hydrogen-bond donors (Lipinski definition) is 2. The Morgan fingerprint density at radius 3 is 2.79 bits per heavy atom. The van der Waals surface area contributed by atoms with Gasteiger partial charge in [-0.25, -0.2) is 13.8 Å². The monoisotopic (exact) mass is 391 g/mol. The molecule has 150 valence electrons. The van der Waals surface area contributed by atoms with Crippen LogP contribution in [-0.4, -0.2) is 32.3 Å². The van der Waals surface area contributed by atoms with Crippen molar-refractivity contribution >= 4 is 5.96 Å². The van der Waals surface area contributed by atoms with Gasteiger partial charge in [-0.15, -0.1) is 0 Å². The summed E-state index contributed by atoms with van der Waals surface area (Å²) in [6, 6.07) is 12.8. The van der Waals surface area contributed by atoms with Crippen LogP contribution in [0.1, 0.15) is 18.1 Å². The standard InChI is InChI=1S/C20H23F2N3O3/c1-2-23-20(25-11-15-6-7-17-18(9-15)28-13-27-17)24-10-14-4-3-5-16(8-14)26-12-19(21)22/h3-9,19H,2,10-13H2,1H3,(H2,23,24,25). The maximum atomic E-state index is 12.3. The second kappa shape index (κ2) is 9.77. The average molecular weight is 391 g/mol. The fourth-order valence-electron chi connectivity index (χ4n) is 2.64. The molecule has 1 aliphatic heterocycles. The lowest BCUT2D eigenvalue weighted by Crippen LogP contribution is -2.36. The zero-order valence-corrected chi connectivity index (χ0v) is 15.6. The minimum atomic E-state index is -2.50. The summed E-state index contributed by atoms with van der Waals surface area (Å²) in [7, 11) is 0. The molecule has 3 rings (SSSR count). The second-order valence-electron chi connectivity index (χ2n) is 6.09. The summed E-state index contributed by atoms with van der Waals surface area (Å²) in [4.78, 5) is 4.54. The van der Waals surface area contributed by atoms with E-state index in [-0.39, 0.29) is 6.79 Å². The predicted octanol–water partition coefficient (Wildman–Crippen LogP) is 3.31. The van der Waals surface area contributed by atoms with Crippen molar-refractivity contribution in [2.24, 2.45) is 4.99 Å². The molecular weight excluding hydrogens is 368 g/mol. The zero-order valence-electron chi connectivity index (χ0n) is 15.6. The fourth-order valence-corrected chi connectivity index (χ4v) is 2.64. The Bertz CT molecular complexity index is 815. The van der Waals surface area contributed by atoms with Crippen molar-refractivity contribution in [1.82, 2.24) is 10.6 Å². The summed E-state index contributed by atoms with van der Waals surface area (Å²) < 4.78 is 40.3. The van der Waals surface area contributed by atoms with Gasteiger partial charge in [0.15, 0.2) is 17.5 Å². The van der Waals surface area contributed by atoms with Gasteiger partial charge in [0.1, 0.15) is 12.4 Å². The SMILES string of the molecule is CCNC(=NCc1cccc(OCC(F)F)c1)NCc1ccc2c(c1)OCO2. The van der Waals surface area contributed by atoms with Crippen molar-refractivity contribution in [1.29, 1.82) is 0 Å². The summed E-state index contributed by atoms with van der Waals surface area (Å²) in [6.07, 6.45) is -2.50. The first-order chi connectivity index (χ1) is 13.6. The molecule has 0 saturated heterocycles. The maximum absolute atomic E-state index is 12.3. The number of halogens is 2. The third kappa shape index (κ3) is 5.73. The topological polar surface area (TPSA) is 64.1 Å². The van der Waals surface area contributed by atoms with Gasteiger partial charge in [0.2, 0.25) is 6.79 Å². The summed E-state index contributed by atoms with van der Waals surface area (Å²) >= 11 is 0. The average Bonchev–Trinajstić information content (AvgIpc) is 3.16. The first-order valence-electron chi connectivity index (χ1n) is 9.04. The van der Waals surface area contributed by atoms with E-state index in [1.165, 1.54) is 0 Å². The molecule has 8 heteroatoms. The molecular formula is C20H23F2N3O3. The molecule has 1 heterocycles. The van der Waals surface area contributed by atoms with Gasteiger partial charge < -0.3 is 24.8 Å². The molecule has 2 N–H and O–H groups in total. The van der Waals surface area contributed by atoms with Crippen molar-refractivity contribution in [3.05, 3.63) is 53.6 Å². The van der Waals surface area contributed by atoms with E-state index in [2.05, 4.69) is 15.6 Å². The van der Waals surface area contributed by atoms with E-state index in [4.69, 9.17) is 14.2 Å². The highest BCUT2D eigenvalue weighted by molar-refractivity contribution is 5.79. The van der Waals surface area contributed by atoms with Crippen LogP contribution in [-0.2, 0) is 13.1 Å². The highest BCUT2D eigenvalue weighted by Gasteiger charge is 2.13. The van der Waals surface area contributed by atoms with Crippen molar-refractivity contribution in [2.45, 2.75) is 26.4 Å². The van der Waals surface area contributed by atoms with Crippen LogP contribution in [0.4, 0.5) is 8.78 Å². The maximum Gasteiger partial charge on any atom is 0.272 e. The van der Waals surface area contributed by atoms with E-state index in [0.29, 0.717) is 31.3 Å². The minimum Gasteiger partial charge on any atom is -0.488 e. The van der Waals surface area contributed by atoms with E-state index in [1.54, 1.807) is 18.2 Å². The van der Waals surface area contributed by atoms with Crippen LogP contribution in [0.15, 0.2) is 47.5 Å². The van der Waals surface area contributed by atoms with Gasteiger partial charge >= 0.3 is 0 Å². The zero-order chi connectivity index (χ0) is 19.8. The molecule has 0 fully saturated rings. The van der Waals surface area contributed by atoms with Gasteiger partial charge in [0, 0.05) is 13.1 Å². The molecule has 6 nitrogen and oxygen atoms in total. The second-order valence-corrected chi connectivity index (χ2v) is 6.09. The normalized spacial score (nSPS) is 12.9. The van der Waals surface area contributed by atoms with Crippen LogP contribution in [0.25, 0.3) is 0 Å². The number of benzene rings is 2. The molecule has 0 aliphatic carbocycles. The lowest BCUT2D eigenvalue weighted by Gasteiger charge is -2.12. The predicted molar refractivity (Wildman–Crippen MR) is 102 cm³/mol. The summed E-state index contributed by atoms with van der Waals surface area (Å²) in [5.74, 6) is 2.55. The molecule has 0 unspecified atom stereocenters. The highest BCUT2D eigenvalue weighted by Crippen LogP contribution is 2.32. The van der Waals surface area contributed by atoms with Crippen LogP contribution < -0.4 is 24.8 Å². The molecule has 0 saturated carbocycles. The molecule has 28 heavy (non-hydrogen) atoms. The summed E-state index contributed by atoms with van der Waals surface area (Å²) in [6.45, 7) is 3.28. The van der Waals surface area contributed by atoms with Gasteiger partial charge in [0.25, 0.3) is 6.43 Å². The Morgan fingerprint density at radius 1 is 1.11 bits per heavy atom.